The van der Waals surface area contributed by atoms with Gasteiger partial charge < -0.3 is 64.4 Å². The zero-order valence-electron chi connectivity index (χ0n) is 37.5. The molecule has 15 nitrogen and oxygen atoms in total. The van der Waals surface area contributed by atoms with Crippen LogP contribution in [0.25, 0.3) is 0 Å². The normalized spacial score (nSPS) is 42.7. The number of ether oxygens (including phenoxy) is 7. The highest BCUT2D eigenvalue weighted by Gasteiger charge is 2.52. The average molecular weight is 852 g/mol. The summed E-state index contributed by atoms with van der Waals surface area (Å²) in [6, 6.07) is 0. The van der Waals surface area contributed by atoms with Gasteiger partial charge in [-0.25, -0.2) is 9.59 Å². The smallest absolute Gasteiger partial charge is 0.404 e. The first kappa shape index (κ1) is 51.2. The Kier molecular flexibility index (Phi) is 19.5. The second kappa shape index (κ2) is 22.8. The van der Waals surface area contributed by atoms with Gasteiger partial charge in [0.25, 0.3) is 0 Å². The van der Waals surface area contributed by atoms with E-state index in [0.29, 0.717) is 12.0 Å². The lowest BCUT2D eigenvalue weighted by Gasteiger charge is -2.49. The van der Waals surface area contributed by atoms with Crippen LogP contribution < -0.4 is 5.73 Å². The van der Waals surface area contributed by atoms with Gasteiger partial charge in [0.2, 0.25) is 5.76 Å². The van der Waals surface area contributed by atoms with Crippen LogP contribution in [0.15, 0.2) is 59.4 Å². The number of carbonyl (C=O) groups is 2. The van der Waals surface area contributed by atoms with Crippen molar-refractivity contribution in [2.24, 2.45) is 41.2 Å². The highest BCUT2D eigenvalue weighted by molar-refractivity contribution is 5.87. The highest BCUT2D eigenvalue weighted by Crippen LogP contribution is 2.42. The highest BCUT2D eigenvalue weighted by atomic mass is 16.7. The Morgan fingerprint density at radius 1 is 1.05 bits per heavy atom. The first-order valence-corrected chi connectivity index (χ1v) is 21.1. The molecule has 7 N–H and O–H groups in total. The summed E-state index contributed by atoms with van der Waals surface area (Å²) in [6.45, 7) is 18.0. The summed E-state index contributed by atoms with van der Waals surface area (Å²) in [7, 11) is 2.80. The van der Waals surface area contributed by atoms with Gasteiger partial charge in [0.15, 0.2) is 18.2 Å². The van der Waals surface area contributed by atoms with E-state index in [0.717, 1.165) is 5.57 Å². The topological polar surface area (TPSA) is 226 Å². The number of rotatable bonds is 10. The summed E-state index contributed by atoms with van der Waals surface area (Å²) in [5.74, 6) is -6.06. The Morgan fingerprint density at radius 3 is 2.30 bits per heavy atom. The second-order valence-electron chi connectivity index (χ2n) is 17.3. The SMILES string of the molecule is C/C=C/[C@H]1O[C@@](O)([C@@H](C)[C@H](O)[C@H](C)[C@H]2OC(=O)/C(OC)=C\C(C)=C/[C@@H](C)[C@H](O)[C@@H](C)[C@@H](O)[C@H](C)C/C(C)=C\C=C/[C@@H]2OC)C[C@@H](O[C@H]2C[C@@H](O)[C@H](OC(N)=O)[C@@H](C)O2)[C@@H]1C. The molecule has 2 fully saturated rings. The molecule has 0 spiro atoms. The summed E-state index contributed by atoms with van der Waals surface area (Å²) >= 11 is 0. The number of esters is 1. The van der Waals surface area contributed by atoms with Crippen LogP contribution in [-0.2, 0) is 38.0 Å². The standard InChI is InChI=1S/C45H73NO14/c1-13-15-33-27(6)36(57-37-21-32(47)42(31(10)56-37)59-44(46)52)22-45(53,60-33)30(9)40(50)29(8)41-34(54-11)17-14-16-23(2)18-25(4)38(48)28(7)39(49)26(5)19-24(3)20-35(55-12)43(51)58-41/h13-17,19-20,25-34,36-42,47-50,53H,18,21-22H2,1-12H3,(H2,46,52)/b15-13+,17-14-,23-16-,24-19-,35-20+/t25-,26-,27-,28+,29+,30+,31-,32-,33-,34+,36-,37+,38+,39+,40-,41-,42-,45-/m1/s1. The van der Waals surface area contributed by atoms with Crippen molar-refractivity contribution in [3.8, 4) is 0 Å². The largest absolute Gasteiger partial charge is 0.490 e. The molecule has 60 heavy (non-hydrogen) atoms. The predicted octanol–water partition coefficient (Wildman–Crippen LogP) is 4.59. The van der Waals surface area contributed by atoms with Crippen LogP contribution in [0.5, 0.6) is 0 Å². The van der Waals surface area contributed by atoms with Crippen molar-refractivity contribution in [1.82, 2.24) is 0 Å². The van der Waals surface area contributed by atoms with Gasteiger partial charge >= 0.3 is 12.1 Å². The molecule has 3 aliphatic rings. The third-order valence-corrected chi connectivity index (χ3v) is 12.5. The Morgan fingerprint density at radius 2 is 1.72 bits per heavy atom. The molecule has 1 amide bonds. The minimum absolute atomic E-state index is 0.0314. The summed E-state index contributed by atoms with van der Waals surface area (Å²) in [4.78, 5) is 25.3. The molecule has 3 heterocycles. The van der Waals surface area contributed by atoms with Crippen molar-refractivity contribution in [3.05, 3.63) is 59.4 Å². The second-order valence-corrected chi connectivity index (χ2v) is 17.3. The number of methoxy groups -OCH3 is 2. The van der Waals surface area contributed by atoms with Gasteiger partial charge in [-0.15, -0.1) is 0 Å². The Balaban J connectivity index is 1.99. The zero-order valence-corrected chi connectivity index (χ0v) is 37.5. The van der Waals surface area contributed by atoms with Crippen LogP contribution in [0, 0.1) is 35.5 Å². The Labute approximate surface area is 356 Å². The third-order valence-electron chi connectivity index (χ3n) is 12.5. The fourth-order valence-electron chi connectivity index (χ4n) is 8.64. The van der Waals surface area contributed by atoms with Crippen molar-refractivity contribution in [3.63, 3.8) is 0 Å². The van der Waals surface area contributed by atoms with Gasteiger partial charge in [-0.2, -0.15) is 0 Å². The van der Waals surface area contributed by atoms with Crippen molar-refractivity contribution < 1.29 is 68.3 Å². The van der Waals surface area contributed by atoms with Crippen LogP contribution in [0.1, 0.15) is 88.5 Å². The molecule has 15 heteroatoms. The quantitative estimate of drug-likeness (QED) is 0.131. The minimum Gasteiger partial charge on any atom is -0.490 e. The zero-order chi connectivity index (χ0) is 45.2. The molecule has 0 radical (unpaired) electrons. The van der Waals surface area contributed by atoms with E-state index >= 15 is 0 Å². The van der Waals surface area contributed by atoms with E-state index in [1.807, 2.05) is 47.6 Å². The number of cyclic esters (lactones) is 1. The number of primary amides is 1. The van der Waals surface area contributed by atoms with E-state index < -0.39 is 103 Å². The molecule has 0 unspecified atom stereocenters. The first-order valence-electron chi connectivity index (χ1n) is 21.1. The van der Waals surface area contributed by atoms with Gasteiger partial charge in [0, 0.05) is 49.5 Å². The monoisotopic (exact) mass is 852 g/mol. The molecule has 0 saturated carbocycles. The lowest BCUT2D eigenvalue weighted by molar-refractivity contribution is -0.338. The fraction of sp³-hybridized carbons (Fsp3) is 0.733. The molecular weight excluding hydrogens is 778 g/mol. The van der Waals surface area contributed by atoms with E-state index in [4.69, 9.17) is 38.9 Å². The van der Waals surface area contributed by atoms with Gasteiger partial charge in [-0.1, -0.05) is 89.1 Å². The molecule has 3 aliphatic heterocycles. The van der Waals surface area contributed by atoms with Crippen molar-refractivity contribution >= 4 is 12.1 Å². The van der Waals surface area contributed by atoms with E-state index in [-0.39, 0.29) is 36.4 Å². The molecule has 0 aromatic carbocycles. The number of nitrogens with two attached hydrogens (primary N) is 1. The van der Waals surface area contributed by atoms with Crippen molar-refractivity contribution in [2.45, 2.75) is 162 Å². The van der Waals surface area contributed by atoms with Crippen molar-refractivity contribution in [2.75, 3.05) is 14.2 Å². The summed E-state index contributed by atoms with van der Waals surface area (Å²) in [6.07, 6.45) is 1.54. The number of aliphatic hydroxyl groups excluding tert-OH is 4. The summed E-state index contributed by atoms with van der Waals surface area (Å²) in [5, 5.41) is 57.6. The molecule has 18 atom stereocenters. The molecule has 342 valence electrons. The maximum Gasteiger partial charge on any atom is 0.404 e. The van der Waals surface area contributed by atoms with Crippen LogP contribution >= 0.6 is 0 Å². The predicted molar refractivity (Wildman–Crippen MR) is 224 cm³/mol. The lowest BCUT2D eigenvalue weighted by atomic mass is 9.77. The maximum absolute atomic E-state index is 13.9. The van der Waals surface area contributed by atoms with Gasteiger partial charge in [-0.3, -0.25) is 0 Å². The van der Waals surface area contributed by atoms with Gasteiger partial charge in [0.05, 0.1) is 49.8 Å². The first-order chi connectivity index (χ1) is 28.1. The molecule has 0 aromatic heterocycles. The molecule has 3 rings (SSSR count). The number of allylic oxidation sites excluding steroid dienone is 6. The van der Waals surface area contributed by atoms with Crippen molar-refractivity contribution in [1.29, 1.82) is 0 Å². The van der Waals surface area contributed by atoms with E-state index in [1.54, 1.807) is 58.1 Å². The molecule has 2 saturated heterocycles. The van der Waals surface area contributed by atoms with Gasteiger partial charge in [-0.05, 0) is 46.1 Å². The number of amides is 1. The molecular formula is C45H73NO14. The van der Waals surface area contributed by atoms with Gasteiger partial charge in [0.1, 0.15) is 12.2 Å². The van der Waals surface area contributed by atoms with E-state index in [2.05, 4.69) is 0 Å². The van der Waals surface area contributed by atoms with E-state index in [1.165, 1.54) is 20.3 Å². The molecule has 0 aromatic rings. The Bertz CT molecular complexity index is 1550. The summed E-state index contributed by atoms with van der Waals surface area (Å²) < 4.78 is 41.3. The van der Waals surface area contributed by atoms with E-state index in [9.17, 15) is 35.1 Å². The molecule has 0 aliphatic carbocycles. The number of aliphatic hydroxyl groups is 5. The Hall–Kier alpha value is -3.12. The van der Waals surface area contributed by atoms with Crippen LogP contribution in [0.4, 0.5) is 4.79 Å². The van der Waals surface area contributed by atoms with Crippen LogP contribution in [0.3, 0.4) is 0 Å². The maximum atomic E-state index is 13.9. The third kappa shape index (κ3) is 13.2. The number of hydrogen-bond acceptors (Lipinski definition) is 14. The van der Waals surface area contributed by atoms with Crippen LogP contribution in [-0.4, -0.2) is 125 Å². The lowest BCUT2D eigenvalue weighted by Crippen LogP contribution is -2.59. The molecule has 0 bridgehead atoms. The number of hydrogen-bond donors (Lipinski definition) is 6. The number of carbonyl (C=O) groups excluding carboxylic acids is 2. The fourth-order valence-corrected chi connectivity index (χ4v) is 8.64. The minimum atomic E-state index is -1.97. The summed E-state index contributed by atoms with van der Waals surface area (Å²) in [5.41, 5.74) is 6.76. The average Bonchev–Trinajstić information content (AvgIpc) is 3.18. The van der Waals surface area contributed by atoms with Crippen LogP contribution in [0.2, 0.25) is 0 Å².